The highest BCUT2D eigenvalue weighted by molar-refractivity contribution is 7.17. The van der Waals surface area contributed by atoms with E-state index in [0.29, 0.717) is 0 Å². The third kappa shape index (κ3) is 1.98. The van der Waals surface area contributed by atoms with Crippen molar-refractivity contribution in [2.45, 2.75) is 6.92 Å². The fourth-order valence-electron chi connectivity index (χ4n) is 4.48. The van der Waals surface area contributed by atoms with E-state index in [1.807, 2.05) is 0 Å². The standard InChI is InChI=1S/C24H16OS2/c1-13-11-18-15-4-6-22-17(8-10-27-22)24(15)20(25-2)12-19(18)14-3-5-21-16(23(13)14)7-9-26-21/h3-12H,1-2H3. The Morgan fingerprint density at radius 3 is 1.89 bits per heavy atom. The van der Waals surface area contributed by atoms with E-state index in [4.69, 9.17) is 4.74 Å². The molecule has 0 saturated heterocycles. The molecule has 2 heterocycles. The zero-order valence-corrected chi connectivity index (χ0v) is 16.6. The molecule has 0 N–H and O–H groups in total. The van der Waals surface area contributed by atoms with E-state index in [0.717, 1.165) is 5.75 Å². The van der Waals surface area contributed by atoms with Crippen LogP contribution in [0.4, 0.5) is 0 Å². The van der Waals surface area contributed by atoms with Crippen LogP contribution in [0, 0.1) is 6.92 Å². The third-order valence-corrected chi connectivity index (χ3v) is 7.40. The predicted molar refractivity (Wildman–Crippen MR) is 121 cm³/mol. The van der Waals surface area contributed by atoms with Gasteiger partial charge in [0.2, 0.25) is 0 Å². The summed E-state index contributed by atoms with van der Waals surface area (Å²) in [6.45, 7) is 2.23. The molecule has 6 aromatic rings. The summed E-state index contributed by atoms with van der Waals surface area (Å²) in [4.78, 5) is 0. The van der Waals surface area contributed by atoms with E-state index in [9.17, 15) is 0 Å². The summed E-state index contributed by atoms with van der Waals surface area (Å²) in [5, 5.41) is 14.7. The van der Waals surface area contributed by atoms with Gasteiger partial charge in [0.15, 0.2) is 0 Å². The highest BCUT2D eigenvalue weighted by atomic mass is 32.1. The van der Waals surface area contributed by atoms with E-state index >= 15 is 0 Å². The molecule has 6 rings (SSSR count). The van der Waals surface area contributed by atoms with Gasteiger partial charge in [0, 0.05) is 25.6 Å². The molecule has 27 heavy (non-hydrogen) atoms. The number of thiophene rings is 2. The van der Waals surface area contributed by atoms with Gasteiger partial charge in [-0.05, 0) is 80.5 Å². The van der Waals surface area contributed by atoms with Crippen LogP contribution in [0.1, 0.15) is 5.56 Å². The van der Waals surface area contributed by atoms with E-state index in [2.05, 4.69) is 66.2 Å². The summed E-state index contributed by atoms with van der Waals surface area (Å²) in [6, 6.07) is 18.1. The van der Waals surface area contributed by atoms with Gasteiger partial charge in [-0.15, -0.1) is 22.7 Å². The molecule has 0 aliphatic carbocycles. The van der Waals surface area contributed by atoms with Crippen LogP contribution in [0.25, 0.3) is 52.5 Å². The summed E-state index contributed by atoms with van der Waals surface area (Å²) in [5.41, 5.74) is 1.33. The number of benzene rings is 4. The molecule has 0 aliphatic rings. The van der Waals surface area contributed by atoms with Crippen molar-refractivity contribution in [2.75, 3.05) is 7.11 Å². The van der Waals surface area contributed by atoms with Gasteiger partial charge in [0.1, 0.15) is 5.75 Å². The molecule has 0 spiro atoms. The van der Waals surface area contributed by atoms with Gasteiger partial charge in [-0.2, -0.15) is 0 Å². The van der Waals surface area contributed by atoms with Crippen molar-refractivity contribution in [3.05, 3.63) is 64.9 Å². The highest BCUT2D eigenvalue weighted by Crippen LogP contribution is 2.43. The zero-order chi connectivity index (χ0) is 18.1. The predicted octanol–water partition coefficient (Wildman–Crippen LogP) is 7.89. The van der Waals surface area contributed by atoms with Crippen LogP contribution >= 0.6 is 22.7 Å². The van der Waals surface area contributed by atoms with Crippen LogP contribution in [0.3, 0.4) is 0 Å². The molecule has 0 unspecified atom stereocenters. The van der Waals surface area contributed by atoms with Gasteiger partial charge >= 0.3 is 0 Å². The maximum atomic E-state index is 5.87. The van der Waals surface area contributed by atoms with Gasteiger partial charge in [0.05, 0.1) is 7.11 Å². The lowest BCUT2D eigenvalue weighted by Crippen LogP contribution is -1.90. The average Bonchev–Trinajstić information content (AvgIpc) is 3.35. The van der Waals surface area contributed by atoms with Crippen LogP contribution in [0.5, 0.6) is 5.75 Å². The molecule has 0 bridgehead atoms. The molecular formula is C24H16OS2. The van der Waals surface area contributed by atoms with Crippen LogP contribution in [-0.4, -0.2) is 7.11 Å². The number of hydrogen-bond acceptors (Lipinski definition) is 3. The Bertz CT molecular complexity index is 1520. The Morgan fingerprint density at radius 1 is 0.630 bits per heavy atom. The average molecular weight is 385 g/mol. The minimum absolute atomic E-state index is 0.956. The van der Waals surface area contributed by atoms with Crippen molar-refractivity contribution in [2.24, 2.45) is 0 Å². The molecule has 0 atom stereocenters. The first-order chi connectivity index (χ1) is 13.3. The number of rotatable bonds is 1. The summed E-state index contributed by atoms with van der Waals surface area (Å²) < 4.78 is 8.52. The lowest BCUT2D eigenvalue weighted by molar-refractivity contribution is 0.420. The number of aryl methyl sites for hydroxylation is 1. The summed E-state index contributed by atoms with van der Waals surface area (Å²) >= 11 is 3.59. The Hall–Kier alpha value is -2.62. The number of ether oxygens (including phenoxy) is 1. The first-order valence-corrected chi connectivity index (χ1v) is 10.7. The summed E-state index contributed by atoms with van der Waals surface area (Å²) in [7, 11) is 1.78. The topological polar surface area (TPSA) is 9.23 Å². The van der Waals surface area contributed by atoms with Crippen LogP contribution in [0.2, 0.25) is 0 Å². The minimum atomic E-state index is 0.956. The second-order valence-electron chi connectivity index (χ2n) is 7.01. The molecule has 3 heteroatoms. The minimum Gasteiger partial charge on any atom is -0.496 e. The summed E-state index contributed by atoms with van der Waals surface area (Å²) in [6.07, 6.45) is 0. The van der Waals surface area contributed by atoms with E-state index in [1.54, 1.807) is 29.8 Å². The molecule has 0 saturated carbocycles. The number of hydrogen-bond donors (Lipinski definition) is 0. The maximum absolute atomic E-state index is 5.87. The molecule has 0 radical (unpaired) electrons. The van der Waals surface area contributed by atoms with Gasteiger partial charge in [-0.3, -0.25) is 0 Å². The largest absolute Gasteiger partial charge is 0.496 e. The van der Waals surface area contributed by atoms with Crippen LogP contribution < -0.4 is 4.74 Å². The SMILES string of the molecule is COc1cc2c(cc(C)c3c4ccsc4ccc23)c2ccc3sccc3c12. The molecule has 0 aliphatic heterocycles. The third-order valence-electron chi connectivity index (χ3n) is 5.64. The van der Waals surface area contributed by atoms with Gasteiger partial charge in [0.25, 0.3) is 0 Å². The maximum Gasteiger partial charge on any atom is 0.128 e. The van der Waals surface area contributed by atoms with Gasteiger partial charge in [-0.1, -0.05) is 18.2 Å². The molecular weight excluding hydrogens is 368 g/mol. The van der Waals surface area contributed by atoms with E-state index in [-0.39, 0.29) is 0 Å². The van der Waals surface area contributed by atoms with Crippen molar-refractivity contribution in [3.63, 3.8) is 0 Å². The fourth-order valence-corrected chi connectivity index (χ4v) is 6.07. The normalized spacial score (nSPS) is 12.1. The molecule has 0 fully saturated rings. The molecule has 2 aromatic heterocycles. The quantitative estimate of drug-likeness (QED) is 0.262. The lowest BCUT2D eigenvalue weighted by Gasteiger charge is -2.15. The van der Waals surface area contributed by atoms with Gasteiger partial charge < -0.3 is 4.74 Å². The summed E-state index contributed by atoms with van der Waals surface area (Å²) in [5.74, 6) is 0.956. The fraction of sp³-hybridized carbons (Fsp3) is 0.0833. The smallest absolute Gasteiger partial charge is 0.128 e. The van der Waals surface area contributed by atoms with E-state index < -0.39 is 0 Å². The van der Waals surface area contributed by atoms with Crippen LogP contribution in [0.15, 0.2) is 59.3 Å². The Morgan fingerprint density at radius 2 is 1.22 bits per heavy atom. The molecule has 1 nitrogen and oxygen atoms in total. The Balaban J connectivity index is 1.92. The van der Waals surface area contributed by atoms with Crippen molar-refractivity contribution in [3.8, 4) is 5.75 Å². The lowest BCUT2D eigenvalue weighted by atomic mass is 9.91. The molecule has 130 valence electrons. The zero-order valence-electron chi connectivity index (χ0n) is 15.0. The first kappa shape index (κ1) is 15.4. The van der Waals surface area contributed by atoms with Crippen LogP contribution in [-0.2, 0) is 0 Å². The van der Waals surface area contributed by atoms with E-state index in [1.165, 1.54) is 58.1 Å². The van der Waals surface area contributed by atoms with Crippen molar-refractivity contribution >= 4 is 75.2 Å². The second kappa shape index (κ2) is 5.44. The Kier molecular flexibility index (Phi) is 3.11. The van der Waals surface area contributed by atoms with Crippen molar-refractivity contribution in [1.82, 2.24) is 0 Å². The van der Waals surface area contributed by atoms with Crippen molar-refractivity contribution < 1.29 is 4.74 Å². The van der Waals surface area contributed by atoms with Gasteiger partial charge in [-0.25, -0.2) is 0 Å². The highest BCUT2D eigenvalue weighted by Gasteiger charge is 2.15. The van der Waals surface area contributed by atoms with Crippen molar-refractivity contribution in [1.29, 1.82) is 0 Å². The monoisotopic (exact) mass is 384 g/mol. The number of fused-ring (bicyclic) bond motifs is 9. The Labute approximate surface area is 164 Å². The first-order valence-electron chi connectivity index (χ1n) is 8.96. The molecule has 0 amide bonds. The number of methoxy groups -OCH3 is 1. The second-order valence-corrected chi connectivity index (χ2v) is 8.90. The molecule has 4 aromatic carbocycles.